The van der Waals surface area contributed by atoms with Gasteiger partial charge in [0.2, 0.25) is 0 Å². The number of methoxy groups -OCH3 is 2. The number of rotatable bonds is 5. The fourth-order valence-corrected chi connectivity index (χ4v) is 2.64. The molecular weight excluding hydrogens is 300 g/mol. The normalized spacial score (nSPS) is 10.2. The van der Waals surface area contributed by atoms with E-state index in [-0.39, 0.29) is 0 Å². The first-order valence-electron chi connectivity index (χ1n) is 7.63. The zero-order chi connectivity index (χ0) is 16.9. The lowest BCUT2D eigenvalue weighted by molar-refractivity contribution is 0.112. The number of carbonyl (C=O) groups excluding carboxylic acids is 1. The maximum Gasteiger partial charge on any atom is 0.150 e. The van der Waals surface area contributed by atoms with Crippen LogP contribution in [0.2, 0.25) is 0 Å². The standard InChI is InChI=1S/C21H18O3/c1-23-19-10-7-16(8-11-19)18-9-12-21(24-2)20(13-18)17-5-3-15(14-22)4-6-17/h3-14H,1-2H3. The molecule has 120 valence electrons. The highest BCUT2D eigenvalue weighted by atomic mass is 16.5. The van der Waals surface area contributed by atoms with E-state index >= 15 is 0 Å². The number of hydrogen-bond donors (Lipinski definition) is 0. The van der Waals surface area contributed by atoms with Crippen LogP contribution in [-0.2, 0) is 0 Å². The van der Waals surface area contributed by atoms with Gasteiger partial charge in [-0.2, -0.15) is 0 Å². The lowest BCUT2D eigenvalue weighted by Gasteiger charge is -2.12. The van der Waals surface area contributed by atoms with Gasteiger partial charge in [-0.25, -0.2) is 0 Å². The van der Waals surface area contributed by atoms with Crippen LogP contribution in [0, 0.1) is 0 Å². The molecule has 0 unspecified atom stereocenters. The summed E-state index contributed by atoms with van der Waals surface area (Å²) in [4.78, 5) is 10.8. The van der Waals surface area contributed by atoms with E-state index in [2.05, 4.69) is 6.07 Å². The van der Waals surface area contributed by atoms with Crippen LogP contribution < -0.4 is 9.47 Å². The highest BCUT2D eigenvalue weighted by molar-refractivity contribution is 5.80. The Morgan fingerprint density at radius 2 is 1.33 bits per heavy atom. The molecule has 24 heavy (non-hydrogen) atoms. The molecule has 0 saturated carbocycles. The van der Waals surface area contributed by atoms with Crippen molar-refractivity contribution in [1.29, 1.82) is 0 Å². The second kappa shape index (κ2) is 7.01. The van der Waals surface area contributed by atoms with Crippen LogP contribution in [0.25, 0.3) is 22.3 Å². The number of carbonyl (C=O) groups is 1. The molecule has 0 aromatic heterocycles. The predicted octanol–water partition coefficient (Wildman–Crippen LogP) is 4.85. The third kappa shape index (κ3) is 3.15. The summed E-state index contributed by atoms with van der Waals surface area (Å²) in [6.07, 6.45) is 0.842. The van der Waals surface area contributed by atoms with Crippen LogP contribution in [0.3, 0.4) is 0 Å². The minimum Gasteiger partial charge on any atom is -0.497 e. The molecule has 0 spiro atoms. The van der Waals surface area contributed by atoms with Crippen LogP contribution in [0.15, 0.2) is 66.7 Å². The zero-order valence-electron chi connectivity index (χ0n) is 13.7. The first-order valence-corrected chi connectivity index (χ1v) is 7.63. The summed E-state index contributed by atoms with van der Waals surface area (Å²) in [5, 5.41) is 0. The van der Waals surface area contributed by atoms with E-state index in [0.29, 0.717) is 5.56 Å². The number of hydrogen-bond acceptors (Lipinski definition) is 3. The largest absolute Gasteiger partial charge is 0.497 e. The lowest BCUT2D eigenvalue weighted by atomic mass is 9.97. The Bertz CT molecular complexity index is 834. The fraction of sp³-hybridized carbons (Fsp3) is 0.0952. The average molecular weight is 318 g/mol. The second-order valence-corrected chi connectivity index (χ2v) is 5.38. The maximum absolute atomic E-state index is 10.8. The van der Waals surface area contributed by atoms with E-state index in [4.69, 9.17) is 9.47 Å². The van der Waals surface area contributed by atoms with E-state index < -0.39 is 0 Å². The quantitative estimate of drug-likeness (QED) is 0.631. The van der Waals surface area contributed by atoms with Gasteiger partial charge in [0.05, 0.1) is 14.2 Å². The van der Waals surface area contributed by atoms with E-state index in [0.717, 1.165) is 40.0 Å². The van der Waals surface area contributed by atoms with Crippen LogP contribution in [0.5, 0.6) is 11.5 Å². The molecule has 0 aliphatic heterocycles. The minimum absolute atomic E-state index is 0.657. The molecule has 3 rings (SSSR count). The van der Waals surface area contributed by atoms with Gasteiger partial charge in [0.15, 0.2) is 0 Å². The molecule has 3 aromatic rings. The molecule has 0 atom stereocenters. The van der Waals surface area contributed by atoms with Crippen LogP contribution in [0.4, 0.5) is 0 Å². The summed E-state index contributed by atoms with van der Waals surface area (Å²) in [5.41, 5.74) is 4.84. The van der Waals surface area contributed by atoms with E-state index in [9.17, 15) is 4.79 Å². The molecular formula is C21H18O3. The Kier molecular flexibility index (Phi) is 4.62. The maximum atomic E-state index is 10.8. The number of ether oxygens (including phenoxy) is 2. The SMILES string of the molecule is COc1ccc(-c2ccc(OC)c(-c3ccc(C=O)cc3)c2)cc1. The Morgan fingerprint density at radius 1 is 0.708 bits per heavy atom. The second-order valence-electron chi connectivity index (χ2n) is 5.38. The van der Waals surface area contributed by atoms with Gasteiger partial charge < -0.3 is 9.47 Å². The van der Waals surface area contributed by atoms with E-state index in [1.54, 1.807) is 14.2 Å². The molecule has 0 amide bonds. The smallest absolute Gasteiger partial charge is 0.150 e. The Morgan fingerprint density at radius 3 is 1.92 bits per heavy atom. The zero-order valence-corrected chi connectivity index (χ0v) is 13.7. The average Bonchev–Trinajstić information content (AvgIpc) is 2.67. The van der Waals surface area contributed by atoms with Crippen LogP contribution >= 0.6 is 0 Å². The predicted molar refractivity (Wildman–Crippen MR) is 95.8 cm³/mol. The van der Waals surface area contributed by atoms with Crippen molar-refractivity contribution in [2.24, 2.45) is 0 Å². The van der Waals surface area contributed by atoms with Gasteiger partial charge in [-0.1, -0.05) is 42.5 Å². The van der Waals surface area contributed by atoms with Crippen molar-refractivity contribution in [3.8, 4) is 33.8 Å². The summed E-state index contributed by atoms with van der Waals surface area (Å²) >= 11 is 0. The van der Waals surface area contributed by atoms with E-state index in [1.165, 1.54) is 0 Å². The Balaban J connectivity index is 2.05. The molecule has 0 radical (unpaired) electrons. The molecule has 0 aliphatic rings. The molecule has 0 saturated heterocycles. The third-order valence-corrected chi connectivity index (χ3v) is 3.98. The van der Waals surface area contributed by atoms with Crippen molar-refractivity contribution >= 4 is 6.29 Å². The number of aldehydes is 1. The fourth-order valence-electron chi connectivity index (χ4n) is 2.64. The van der Waals surface area contributed by atoms with Crippen molar-refractivity contribution in [3.63, 3.8) is 0 Å². The van der Waals surface area contributed by atoms with Crippen molar-refractivity contribution in [2.45, 2.75) is 0 Å². The Hall–Kier alpha value is -3.07. The van der Waals surface area contributed by atoms with Crippen molar-refractivity contribution < 1.29 is 14.3 Å². The van der Waals surface area contributed by atoms with Crippen molar-refractivity contribution in [2.75, 3.05) is 14.2 Å². The first kappa shape index (κ1) is 15.8. The van der Waals surface area contributed by atoms with Gasteiger partial charge in [-0.15, -0.1) is 0 Å². The van der Waals surface area contributed by atoms with Crippen LogP contribution in [0.1, 0.15) is 10.4 Å². The molecule has 0 heterocycles. The summed E-state index contributed by atoms with van der Waals surface area (Å²) < 4.78 is 10.7. The molecule has 3 nitrogen and oxygen atoms in total. The minimum atomic E-state index is 0.657. The van der Waals surface area contributed by atoms with Gasteiger partial charge in [0, 0.05) is 11.1 Å². The summed E-state index contributed by atoms with van der Waals surface area (Å²) in [5.74, 6) is 1.63. The van der Waals surface area contributed by atoms with Crippen molar-refractivity contribution in [1.82, 2.24) is 0 Å². The van der Waals surface area contributed by atoms with Gasteiger partial charge >= 0.3 is 0 Å². The highest BCUT2D eigenvalue weighted by Gasteiger charge is 2.09. The highest BCUT2D eigenvalue weighted by Crippen LogP contribution is 2.34. The summed E-state index contributed by atoms with van der Waals surface area (Å²) in [6.45, 7) is 0. The lowest BCUT2D eigenvalue weighted by Crippen LogP contribution is -1.90. The molecule has 3 aromatic carbocycles. The summed E-state index contributed by atoms with van der Waals surface area (Å²) in [7, 11) is 3.31. The van der Waals surface area contributed by atoms with Gasteiger partial charge in [-0.3, -0.25) is 4.79 Å². The molecule has 0 aliphatic carbocycles. The topological polar surface area (TPSA) is 35.5 Å². The van der Waals surface area contributed by atoms with E-state index in [1.807, 2.05) is 60.7 Å². The van der Waals surface area contributed by atoms with Crippen molar-refractivity contribution in [3.05, 3.63) is 72.3 Å². The molecule has 0 bridgehead atoms. The van der Waals surface area contributed by atoms with Gasteiger partial charge in [-0.05, 0) is 41.0 Å². The van der Waals surface area contributed by atoms with Gasteiger partial charge in [0.1, 0.15) is 17.8 Å². The number of benzene rings is 3. The molecule has 0 N–H and O–H groups in total. The molecule has 0 fully saturated rings. The third-order valence-electron chi connectivity index (χ3n) is 3.98. The summed E-state index contributed by atoms with van der Waals surface area (Å²) in [6, 6.07) is 21.5. The Labute approximate surface area is 141 Å². The van der Waals surface area contributed by atoms with Gasteiger partial charge in [0.25, 0.3) is 0 Å². The monoisotopic (exact) mass is 318 g/mol. The van der Waals surface area contributed by atoms with Crippen LogP contribution in [-0.4, -0.2) is 20.5 Å². The molecule has 3 heteroatoms. The first-order chi connectivity index (χ1) is 11.7.